The molecule has 0 aliphatic heterocycles. The van der Waals surface area contributed by atoms with Crippen LogP contribution in [0.3, 0.4) is 0 Å². The third-order valence-corrected chi connectivity index (χ3v) is 6.79. The van der Waals surface area contributed by atoms with Crippen molar-refractivity contribution < 1.29 is 15.0 Å². The Balaban J connectivity index is 3.52. The Bertz CT molecular complexity index is 623. The van der Waals surface area contributed by atoms with Gasteiger partial charge in [-0.05, 0) is 51.4 Å². The quantitative estimate of drug-likeness (QED) is 0.0732. The number of amides is 1. The maximum Gasteiger partial charge on any atom is 0.220 e. The van der Waals surface area contributed by atoms with Gasteiger partial charge in [0.05, 0.1) is 18.8 Å². The summed E-state index contributed by atoms with van der Waals surface area (Å²) in [6.45, 7) is 4.08. The average molecular weight is 532 g/mol. The highest BCUT2D eigenvalue weighted by Gasteiger charge is 2.17. The number of hydrogen-bond acceptors (Lipinski definition) is 3. The first-order valence-electron chi connectivity index (χ1n) is 15.9. The fourth-order valence-electron chi connectivity index (χ4n) is 4.31. The maximum atomic E-state index is 12.1. The zero-order valence-electron chi connectivity index (χ0n) is 24.9. The molecule has 0 fully saturated rings. The van der Waals surface area contributed by atoms with Gasteiger partial charge in [-0.25, -0.2) is 0 Å². The summed E-state index contributed by atoms with van der Waals surface area (Å²) in [7, 11) is 0. The number of rotatable bonds is 27. The largest absolute Gasteiger partial charge is 0.394 e. The van der Waals surface area contributed by atoms with Crippen LogP contribution in [0.4, 0.5) is 0 Å². The lowest BCUT2D eigenvalue weighted by Gasteiger charge is -2.19. The molecule has 2 atom stereocenters. The van der Waals surface area contributed by atoms with E-state index < -0.39 is 12.1 Å². The first-order chi connectivity index (χ1) is 18.7. The Morgan fingerprint density at radius 3 is 1.66 bits per heavy atom. The van der Waals surface area contributed by atoms with Crippen LogP contribution in [0.25, 0.3) is 0 Å². The lowest BCUT2D eigenvalue weighted by atomic mass is 10.1. The fraction of sp³-hybridized carbons (Fsp3) is 0.735. The number of aliphatic hydroxyl groups is 2. The van der Waals surface area contributed by atoms with Gasteiger partial charge in [-0.2, -0.15) is 0 Å². The highest BCUT2D eigenvalue weighted by molar-refractivity contribution is 5.76. The molecule has 0 saturated carbocycles. The number of carbonyl (C=O) groups excluding carboxylic acids is 1. The molecule has 0 saturated heterocycles. The lowest BCUT2D eigenvalue weighted by Crippen LogP contribution is -2.45. The normalized spacial score (nSPS) is 13.9. The number of allylic oxidation sites excluding steroid dienone is 7. The summed E-state index contributed by atoms with van der Waals surface area (Å²) in [5.41, 5.74) is 0. The number of carbonyl (C=O) groups is 1. The van der Waals surface area contributed by atoms with Crippen molar-refractivity contribution >= 4 is 5.91 Å². The van der Waals surface area contributed by atoms with Gasteiger partial charge in [0, 0.05) is 6.42 Å². The van der Waals surface area contributed by atoms with E-state index in [1.165, 1.54) is 83.5 Å². The Labute approximate surface area is 235 Å². The molecule has 0 rings (SSSR count). The molecule has 220 valence electrons. The van der Waals surface area contributed by atoms with Crippen molar-refractivity contribution in [2.24, 2.45) is 0 Å². The molecule has 0 radical (unpaired) electrons. The van der Waals surface area contributed by atoms with Crippen LogP contribution in [0.15, 0.2) is 48.6 Å². The molecular formula is C34H61NO3. The monoisotopic (exact) mass is 531 g/mol. The SMILES string of the molecule is CCC/C=C/C(O)C(CO)NC(=O)CCCCCCCCCC/C=C\C/C=C\C/C=C\CCCCCCC. The van der Waals surface area contributed by atoms with Gasteiger partial charge < -0.3 is 15.5 Å². The molecule has 0 bridgehead atoms. The van der Waals surface area contributed by atoms with Crippen molar-refractivity contribution in [2.75, 3.05) is 6.61 Å². The van der Waals surface area contributed by atoms with Crippen molar-refractivity contribution in [3.8, 4) is 0 Å². The Hall–Kier alpha value is -1.65. The van der Waals surface area contributed by atoms with Crippen molar-refractivity contribution in [3.05, 3.63) is 48.6 Å². The number of nitrogens with one attached hydrogen (secondary N) is 1. The van der Waals surface area contributed by atoms with Crippen LogP contribution in [-0.4, -0.2) is 34.9 Å². The predicted octanol–water partition coefficient (Wildman–Crippen LogP) is 8.89. The molecule has 0 aliphatic carbocycles. The molecular weight excluding hydrogens is 470 g/mol. The third kappa shape index (κ3) is 26.0. The van der Waals surface area contributed by atoms with Crippen LogP contribution < -0.4 is 5.32 Å². The van der Waals surface area contributed by atoms with Gasteiger partial charge in [-0.1, -0.05) is 133 Å². The smallest absolute Gasteiger partial charge is 0.220 e. The molecule has 0 spiro atoms. The zero-order chi connectivity index (χ0) is 27.9. The molecule has 0 aromatic heterocycles. The van der Waals surface area contributed by atoms with E-state index in [9.17, 15) is 15.0 Å². The molecule has 0 aromatic carbocycles. The van der Waals surface area contributed by atoms with Gasteiger partial charge in [0.25, 0.3) is 0 Å². The summed E-state index contributed by atoms with van der Waals surface area (Å²) in [4.78, 5) is 12.1. The summed E-state index contributed by atoms with van der Waals surface area (Å²) in [5.74, 6) is -0.0872. The Morgan fingerprint density at radius 2 is 1.13 bits per heavy atom. The van der Waals surface area contributed by atoms with E-state index in [1.54, 1.807) is 6.08 Å². The molecule has 0 aromatic rings. The van der Waals surface area contributed by atoms with Crippen molar-refractivity contribution in [2.45, 2.75) is 154 Å². The minimum atomic E-state index is -0.838. The predicted molar refractivity (Wildman–Crippen MR) is 165 cm³/mol. The summed E-state index contributed by atoms with van der Waals surface area (Å²) < 4.78 is 0. The third-order valence-electron chi connectivity index (χ3n) is 6.79. The summed E-state index contributed by atoms with van der Waals surface area (Å²) in [6, 6.07) is -0.621. The van der Waals surface area contributed by atoms with Crippen molar-refractivity contribution in [1.29, 1.82) is 0 Å². The molecule has 3 N–H and O–H groups in total. The van der Waals surface area contributed by atoms with Gasteiger partial charge in [0.1, 0.15) is 0 Å². The van der Waals surface area contributed by atoms with Crippen LogP contribution in [0, 0.1) is 0 Å². The first-order valence-corrected chi connectivity index (χ1v) is 15.9. The molecule has 4 nitrogen and oxygen atoms in total. The summed E-state index contributed by atoms with van der Waals surface area (Å²) >= 11 is 0. The maximum absolute atomic E-state index is 12.1. The highest BCUT2D eigenvalue weighted by atomic mass is 16.3. The van der Waals surface area contributed by atoms with Crippen LogP contribution in [0.2, 0.25) is 0 Å². The highest BCUT2D eigenvalue weighted by Crippen LogP contribution is 2.11. The number of aliphatic hydroxyl groups excluding tert-OH is 2. The molecule has 1 amide bonds. The number of unbranched alkanes of at least 4 members (excludes halogenated alkanes) is 14. The van der Waals surface area contributed by atoms with Crippen LogP contribution in [0.5, 0.6) is 0 Å². The topological polar surface area (TPSA) is 69.6 Å². The van der Waals surface area contributed by atoms with Crippen LogP contribution in [-0.2, 0) is 4.79 Å². The Morgan fingerprint density at radius 1 is 0.632 bits per heavy atom. The van der Waals surface area contributed by atoms with E-state index in [0.717, 1.165) is 38.5 Å². The van der Waals surface area contributed by atoms with Crippen LogP contribution in [0.1, 0.15) is 142 Å². The summed E-state index contributed by atoms with van der Waals surface area (Å²) in [5, 5.41) is 22.3. The summed E-state index contributed by atoms with van der Waals surface area (Å²) in [6.07, 6.45) is 39.6. The minimum Gasteiger partial charge on any atom is -0.394 e. The fourth-order valence-corrected chi connectivity index (χ4v) is 4.31. The van der Waals surface area contributed by atoms with E-state index in [-0.39, 0.29) is 12.5 Å². The van der Waals surface area contributed by atoms with Gasteiger partial charge in [-0.3, -0.25) is 4.79 Å². The molecule has 38 heavy (non-hydrogen) atoms. The Kier molecular flexibility index (Phi) is 28.6. The van der Waals surface area contributed by atoms with Crippen molar-refractivity contribution in [1.82, 2.24) is 5.32 Å². The van der Waals surface area contributed by atoms with E-state index in [0.29, 0.717) is 6.42 Å². The van der Waals surface area contributed by atoms with E-state index >= 15 is 0 Å². The molecule has 0 aliphatic rings. The van der Waals surface area contributed by atoms with Gasteiger partial charge in [0.15, 0.2) is 0 Å². The first kappa shape index (κ1) is 36.4. The molecule has 4 heteroatoms. The second kappa shape index (κ2) is 29.9. The average Bonchev–Trinajstić information content (AvgIpc) is 2.92. The van der Waals surface area contributed by atoms with Crippen molar-refractivity contribution in [3.63, 3.8) is 0 Å². The molecule has 0 heterocycles. The van der Waals surface area contributed by atoms with E-state index in [1.807, 2.05) is 6.08 Å². The standard InChI is InChI=1S/C34H61NO3/c1-3-5-7-8-9-10-11-12-13-14-15-16-17-18-19-20-21-22-23-24-25-26-28-30-34(38)35-32(31-36)33(37)29-27-6-4-2/h11-12,14-15,17-18,27,29,32-33,36-37H,3-10,13,16,19-26,28,30-31H2,1-2H3,(H,35,38)/b12-11-,15-14-,18-17-,29-27+. The second-order valence-electron chi connectivity index (χ2n) is 10.5. The lowest BCUT2D eigenvalue weighted by molar-refractivity contribution is -0.123. The second-order valence-corrected chi connectivity index (χ2v) is 10.5. The number of hydrogen-bond donors (Lipinski definition) is 3. The van der Waals surface area contributed by atoms with Gasteiger partial charge in [-0.15, -0.1) is 0 Å². The minimum absolute atomic E-state index is 0.0872. The van der Waals surface area contributed by atoms with Crippen LogP contribution >= 0.6 is 0 Å². The van der Waals surface area contributed by atoms with E-state index in [2.05, 4.69) is 55.6 Å². The van der Waals surface area contributed by atoms with Gasteiger partial charge >= 0.3 is 0 Å². The van der Waals surface area contributed by atoms with Gasteiger partial charge in [0.2, 0.25) is 5.91 Å². The molecule has 2 unspecified atom stereocenters. The van der Waals surface area contributed by atoms with E-state index in [4.69, 9.17) is 0 Å². The zero-order valence-corrected chi connectivity index (χ0v) is 24.9.